The van der Waals surface area contributed by atoms with Crippen LogP contribution in [0.4, 0.5) is 0 Å². The zero-order valence-electron chi connectivity index (χ0n) is 33.5. The number of aromatic nitrogens is 4. The van der Waals surface area contributed by atoms with E-state index in [4.69, 9.17) is 19.4 Å². The van der Waals surface area contributed by atoms with Crippen molar-refractivity contribution in [1.82, 2.24) is 19.5 Å². The van der Waals surface area contributed by atoms with Crippen LogP contribution >= 0.6 is 0 Å². The second kappa shape index (κ2) is 14.7. The van der Waals surface area contributed by atoms with Crippen molar-refractivity contribution < 1.29 is 4.42 Å². The van der Waals surface area contributed by atoms with Gasteiger partial charge < -0.3 is 8.98 Å². The topological polar surface area (TPSA) is 56.7 Å². The molecule has 0 unspecified atom stereocenters. The summed E-state index contributed by atoms with van der Waals surface area (Å²) in [5.74, 6) is 1.84. The normalized spacial score (nSPS) is 11.5. The van der Waals surface area contributed by atoms with Gasteiger partial charge >= 0.3 is 0 Å². The first-order valence-corrected chi connectivity index (χ1v) is 20.9. The van der Waals surface area contributed by atoms with Crippen molar-refractivity contribution >= 4 is 43.7 Å². The summed E-state index contributed by atoms with van der Waals surface area (Å²) in [7, 11) is 0. The van der Waals surface area contributed by atoms with Gasteiger partial charge in [-0.2, -0.15) is 0 Å². The van der Waals surface area contributed by atoms with Crippen molar-refractivity contribution in [2.75, 3.05) is 0 Å². The summed E-state index contributed by atoms with van der Waals surface area (Å²) in [4.78, 5) is 15.2. The largest absolute Gasteiger partial charge is 0.455 e. The second-order valence-electron chi connectivity index (χ2n) is 15.6. The molecule has 12 rings (SSSR count). The maximum absolute atomic E-state index is 6.87. The summed E-state index contributed by atoms with van der Waals surface area (Å²) in [5, 5.41) is 4.59. The smallest absolute Gasteiger partial charge is 0.164 e. The third-order valence-electron chi connectivity index (χ3n) is 11.9. The van der Waals surface area contributed by atoms with Gasteiger partial charge in [-0.15, -0.1) is 0 Å². The molecule has 0 saturated heterocycles. The molecule has 12 aromatic rings. The number of hydrogen-bond acceptors (Lipinski definition) is 4. The average molecular weight is 793 g/mol. The van der Waals surface area contributed by atoms with Crippen LogP contribution in [0, 0.1) is 0 Å². The van der Waals surface area contributed by atoms with Crippen LogP contribution in [0.2, 0.25) is 0 Å². The lowest BCUT2D eigenvalue weighted by Gasteiger charge is -2.11. The molecule has 0 saturated carbocycles. The Morgan fingerprint density at radius 1 is 0.323 bits per heavy atom. The quantitative estimate of drug-likeness (QED) is 0.161. The third-order valence-corrected chi connectivity index (χ3v) is 11.9. The Morgan fingerprint density at radius 3 is 1.55 bits per heavy atom. The summed E-state index contributed by atoms with van der Waals surface area (Å²) in [6.45, 7) is 0. The fraction of sp³-hybridized carbons (Fsp3) is 0. The molecule has 0 atom stereocenters. The molecule has 0 aliphatic carbocycles. The van der Waals surface area contributed by atoms with Crippen LogP contribution in [0.5, 0.6) is 0 Å². The molecular formula is C57H36N4O. The number of para-hydroxylation sites is 3. The van der Waals surface area contributed by atoms with Gasteiger partial charge in [-0.3, -0.25) is 0 Å². The molecule has 0 amide bonds. The van der Waals surface area contributed by atoms with E-state index in [2.05, 4.69) is 187 Å². The Morgan fingerprint density at radius 2 is 0.806 bits per heavy atom. The first-order chi connectivity index (χ1) is 30.7. The van der Waals surface area contributed by atoms with E-state index < -0.39 is 0 Å². The minimum Gasteiger partial charge on any atom is -0.455 e. The molecule has 62 heavy (non-hydrogen) atoms. The van der Waals surface area contributed by atoms with E-state index in [1.165, 1.54) is 21.9 Å². The average Bonchev–Trinajstić information content (AvgIpc) is 3.91. The van der Waals surface area contributed by atoms with Crippen LogP contribution in [-0.2, 0) is 0 Å². The zero-order chi connectivity index (χ0) is 41.0. The first-order valence-electron chi connectivity index (χ1n) is 20.9. The van der Waals surface area contributed by atoms with Crippen molar-refractivity contribution in [3.63, 3.8) is 0 Å². The summed E-state index contributed by atoms with van der Waals surface area (Å²) in [6, 6.07) is 76.1. The number of fused-ring (bicyclic) bond motifs is 6. The molecule has 5 heteroatoms. The van der Waals surface area contributed by atoms with E-state index >= 15 is 0 Å². The highest BCUT2D eigenvalue weighted by Crippen LogP contribution is 2.45. The highest BCUT2D eigenvalue weighted by Gasteiger charge is 2.21. The molecule has 0 spiro atoms. The van der Waals surface area contributed by atoms with Gasteiger partial charge in [0.05, 0.1) is 11.0 Å². The van der Waals surface area contributed by atoms with Gasteiger partial charge in [0.15, 0.2) is 17.5 Å². The molecule has 0 fully saturated rings. The second-order valence-corrected chi connectivity index (χ2v) is 15.6. The molecule has 0 N–H and O–H groups in total. The van der Waals surface area contributed by atoms with Crippen molar-refractivity contribution in [2.45, 2.75) is 0 Å². The van der Waals surface area contributed by atoms with Gasteiger partial charge in [0, 0.05) is 49.5 Å². The number of benzene rings is 9. The van der Waals surface area contributed by atoms with Gasteiger partial charge in [-0.05, 0) is 70.3 Å². The summed E-state index contributed by atoms with van der Waals surface area (Å²) < 4.78 is 9.24. The molecule has 0 bridgehead atoms. The highest BCUT2D eigenvalue weighted by atomic mass is 16.3. The standard InChI is InChI=1S/C57H36N4O/c1-4-17-37(18-5-1)39-21-12-23-41(35-39)56-58-55(38-19-6-2-7-20-38)59-57(60-56)42-24-13-22-40(36-42)44-28-14-31-48-53-46(30-16-34-51(53)62-54(44)48)45-29-15-33-50-52(45)47-27-10-11-32-49(47)61(50)43-25-8-3-9-26-43/h1-36H. The molecule has 3 heterocycles. The van der Waals surface area contributed by atoms with E-state index in [9.17, 15) is 0 Å². The fourth-order valence-electron chi connectivity index (χ4n) is 9.04. The predicted molar refractivity (Wildman–Crippen MR) is 254 cm³/mol. The Bertz CT molecular complexity index is 3630. The Labute approximate surface area is 357 Å². The Kier molecular flexibility index (Phi) is 8.42. The zero-order valence-corrected chi connectivity index (χ0v) is 33.5. The maximum Gasteiger partial charge on any atom is 0.164 e. The Hall–Kier alpha value is -8.41. The van der Waals surface area contributed by atoms with E-state index in [1.807, 2.05) is 36.4 Å². The van der Waals surface area contributed by atoms with Gasteiger partial charge in [-0.1, -0.05) is 176 Å². The van der Waals surface area contributed by atoms with Crippen molar-refractivity contribution in [3.05, 3.63) is 218 Å². The van der Waals surface area contributed by atoms with Crippen LogP contribution in [-0.4, -0.2) is 19.5 Å². The van der Waals surface area contributed by atoms with Crippen molar-refractivity contribution in [1.29, 1.82) is 0 Å². The number of furan rings is 1. The Balaban J connectivity index is 1.00. The molecule has 0 aliphatic rings. The SMILES string of the molecule is c1ccc(-c2cccc(-c3nc(-c4ccccc4)nc(-c4cccc(-c5cccc6c5oc5cccc(-c7cccc8c7c7ccccc7n8-c7ccccc7)c56)c4)n3)c2)cc1. The molecule has 3 aromatic heterocycles. The molecule has 5 nitrogen and oxygen atoms in total. The van der Waals surface area contributed by atoms with E-state index in [0.717, 1.165) is 77.7 Å². The van der Waals surface area contributed by atoms with Crippen LogP contribution in [0.3, 0.4) is 0 Å². The van der Waals surface area contributed by atoms with Gasteiger partial charge in [-0.25, -0.2) is 15.0 Å². The third kappa shape index (κ3) is 5.98. The summed E-state index contributed by atoms with van der Waals surface area (Å²) in [5.41, 5.74) is 14.4. The molecule has 0 radical (unpaired) electrons. The number of hydrogen-bond donors (Lipinski definition) is 0. The molecule has 290 valence electrons. The van der Waals surface area contributed by atoms with E-state index in [-0.39, 0.29) is 0 Å². The predicted octanol–water partition coefficient (Wildman–Crippen LogP) is 14.9. The van der Waals surface area contributed by atoms with Gasteiger partial charge in [0.2, 0.25) is 0 Å². The van der Waals surface area contributed by atoms with E-state index in [1.54, 1.807) is 0 Å². The minimum absolute atomic E-state index is 0.600. The summed E-state index contributed by atoms with van der Waals surface area (Å²) >= 11 is 0. The van der Waals surface area contributed by atoms with Crippen LogP contribution in [0.1, 0.15) is 0 Å². The van der Waals surface area contributed by atoms with Crippen LogP contribution < -0.4 is 0 Å². The number of nitrogens with zero attached hydrogens (tertiary/aromatic N) is 4. The van der Waals surface area contributed by atoms with Crippen LogP contribution in [0.25, 0.3) is 117 Å². The molecular weight excluding hydrogens is 757 g/mol. The maximum atomic E-state index is 6.87. The lowest BCUT2D eigenvalue weighted by Crippen LogP contribution is -2.00. The lowest BCUT2D eigenvalue weighted by atomic mass is 9.94. The van der Waals surface area contributed by atoms with Crippen molar-refractivity contribution in [2.24, 2.45) is 0 Å². The monoisotopic (exact) mass is 792 g/mol. The van der Waals surface area contributed by atoms with Crippen molar-refractivity contribution in [3.8, 4) is 73.2 Å². The molecule has 9 aromatic carbocycles. The lowest BCUT2D eigenvalue weighted by molar-refractivity contribution is 0.670. The van der Waals surface area contributed by atoms with Gasteiger partial charge in [0.1, 0.15) is 11.2 Å². The molecule has 0 aliphatic heterocycles. The van der Waals surface area contributed by atoms with Crippen LogP contribution in [0.15, 0.2) is 223 Å². The van der Waals surface area contributed by atoms with E-state index in [0.29, 0.717) is 17.5 Å². The minimum atomic E-state index is 0.600. The summed E-state index contributed by atoms with van der Waals surface area (Å²) in [6.07, 6.45) is 0. The van der Waals surface area contributed by atoms with Gasteiger partial charge in [0.25, 0.3) is 0 Å². The first kappa shape index (κ1) is 35.5. The fourth-order valence-corrected chi connectivity index (χ4v) is 9.04. The highest BCUT2D eigenvalue weighted by molar-refractivity contribution is 6.22. The number of rotatable bonds is 7.